The number of piperazine rings is 1. The fourth-order valence-electron chi connectivity index (χ4n) is 2.84. The normalized spacial score (nSPS) is 15.6. The second kappa shape index (κ2) is 9.26. The number of carbonyl (C=O) groups excluding carboxylic acids is 1. The first-order chi connectivity index (χ1) is 13.2. The van der Waals surface area contributed by atoms with Crippen LogP contribution in [0.1, 0.15) is 13.8 Å². The lowest BCUT2D eigenvalue weighted by Gasteiger charge is -2.36. The van der Waals surface area contributed by atoms with E-state index in [1.54, 1.807) is 13.8 Å². The molecule has 0 unspecified atom stereocenters. The van der Waals surface area contributed by atoms with Crippen molar-refractivity contribution >= 4 is 21.8 Å². The molecule has 0 radical (unpaired) electrons. The molecule has 0 spiro atoms. The number of carbonyl (C=O) groups is 1. The number of halogens is 1. The molecule has 1 fully saturated rings. The number of nitro groups is 1. The van der Waals surface area contributed by atoms with Crippen molar-refractivity contribution in [2.45, 2.75) is 13.8 Å². The van der Waals surface area contributed by atoms with Crippen molar-refractivity contribution in [2.75, 3.05) is 45.9 Å². The molecule has 0 aromatic heterocycles. The number of amides is 1. The van der Waals surface area contributed by atoms with Crippen molar-refractivity contribution in [1.82, 2.24) is 13.5 Å². The van der Waals surface area contributed by atoms with Crippen molar-refractivity contribution in [1.29, 1.82) is 0 Å². The first-order valence-electron chi connectivity index (χ1n) is 8.80. The van der Waals surface area contributed by atoms with Gasteiger partial charge in [0.05, 0.1) is 4.92 Å². The SMILES string of the molecule is CCN(CC)S(=O)(=O)N1CCN(C(=O)COc2ccc([N+](=O)[O-])c(F)c2)CC1. The van der Waals surface area contributed by atoms with E-state index in [1.165, 1.54) is 19.6 Å². The highest BCUT2D eigenvalue weighted by molar-refractivity contribution is 7.86. The predicted molar refractivity (Wildman–Crippen MR) is 98.5 cm³/mol. The molecule has 1 aromatic carbocycles. The Labute approximate surface area is 162 Å². The molecule has 1 aliphatic rings. The summed E-state index contributed by atoms with van der Waals surface area (Å²) in [5.74, 6) is -1.43. The standard InChI is InChI=1S/C16H23FN4O6S/c1-3-19(4-2)28(25,26)20-9-7-18(8-10-20)16(22)12-27-13-5-6-15(21(23)24)14(17)11-13/h5-6,11H,3-4,7-10,12H2,1-2H3. The van der Waals surface area contributed by atoms with Crippen LogP contribution in [-0.2, 0) is 15.0 Å². The molecule has 1 heterocycles. The summed E-state index contributed by atoms with van der Waals surface area (Å²) in [6, 6.07) is 3.02. The third-order valence-electron chi connectivity index (χ3n) is 4.43. The fourth-order valence-corrected chi connectivity index (χ4v) is 4.45. The Kier molecular flexibility index (Phi) is 7.27. The summed E-state index contributed by atoms with van der Waals surface area (Å²) in [5.41, 5.74) is -0.677. The van der Waals surface area contributed by atoms with Crippen molar-refractivity contribution in [3.05, 3.63) is 34.1 Å². The van der Waals surface area contributed by atoms with Crippen molar-refractivity contribution in [3.8, 4) is 5.75 Å². The zero-order chi connectivity index (χ0) is 20.9. The minimum absolute atomic E-state index is 0.000743. The lowest BCUT2D eigenvalue weighted by atomic mass is 10.3. The van der Waals surface area contributed by atoms with Gasteiger partial charge in [-0.05, 0) is 6.07 Å². The number of nitro benzene ring substituents is 1. The molecule has 2 rings (SSSR count). The first kappa shape index (κ1) is 22.0. The van der Waals surface area contributed by atoms with Gasteiger partial charge in [0.15, 0.2) is 6.61 Å². The third-order valence-corrected chi connectivity index (χ3v) is 6.61. The molecule has 12 heteroatoms. The molecule has 1 aromatic rings. The van der Waals surface area contributed by atoms with Gasteiger partial charge in [-0.1, -0.05) is 13.8 Å². The summed E-state index contributed by atoms with van der Waals surface area (Å²) < 4.78 is 46.5. The van der Waals surface area contributed by atoms with E-state index in [0.717, 1.165) is 12.1 Å². The van der Waals surface area contributed by atoms with Crippen LogP contribution in [0.5, 0.6) is 5.75 Å². The van der Waals surface area contributed by atoms with Crippen LogP contribution in [0.3, 0.4) is 0 Å². The lowest BCUT2D eigenvalue weighted by Crippen LogP contribution is -2.54. The maximum absolute atomic E-state index is 13.6. The molecule has 1 saturated heterocycles. The maximum Gasteiger partial charge on any atom is 0.305 e. The minimum Gasteiger partial charge on any atom is -0.484 e. The van der Waals surface area contributed by atoms with E-state index >= 15 is 0 Å². The van der Waals surface area contributed by atoms with Gasteiger partial charge in [0.1, 0.15) is 5.75 Å². The second-order valence-electron chi connectivity index (χ2n) is 6.03. The van der Waals surface area contributed by atoms with Crippen LogP contribution < -0.4 is 4.74 Å². The summed E-state index contributed by atoms with van der Waals surface area (Å²) in [7, 11) is -3.54. The Bertz CT molecular complexity index is 822. The van der Waals surface area contributed by atoms with Crippen LogP contribution in [0.4, 0.5) is 10.1 Å². The van der Waals surface area contributed by atoms with Crippen molar-refractivity contribution < 1.29 is 27.3 Å². The minimum atomic E-state index is -3.54. The Morgan fingerprint density at radius 3 is 2.36 bits per heavy atom. The van der Waals surface area contributed by atoms with E-state index in [4.69, 9.17) is 4.74 Å². The molecule has 10 nitrogen and oxygen atoms in total. The molecule has 0 aliphatic carbocycles. The number of ether oxygens (including phenoxy) is 1. The summed E-state index contributed by atoms with van der Waals surface area (Å²) in [4.78, 5) is 23.5. The van der Waals surface area contributed by atoms with Gasteiger partial charge in [0, 0.05) is 51.4 Å². The number of rotatable bonds is 8. The molecule has 0 bridgehead atoms. The molecule has 0 saturated carbocycles. The Morgan fingerprint density at radius 2 is 1.86 bits per heavy atom. The zero-order valence-electron chi connectivity index (χ0n) is 15.7. The van der Waals surface area contributed by atoms with Gasteiger partial charge in [0.25, 0.3) is 16.1 Å². The Morgan fingerprint density at radius 1 is 1.25 bits per heavy atom. The van der Waals surface area contributed by atoms with E-state index in [-0.39, 0.29) is 44.4 Å². The Hall–Kier alpha value is -2.31. The zero-order valence-corrected chi connectivity index (χ0v) is 16.5. The predicted octanol–water partition coefficient (Wildman–Crippen LogP) is 0.844. The van der Waals surface area contributed by atoms with Crippen LogP contribution in [0.25, 0.3) is 0 Å². The van der Waals surface area contributed by atoms with Crippen LogP contribution in [0, 0.1) is 15.9 Å². The van der Waals surface area contributed by atoms with Gasteiger partial charge in [-0.3, -0.25) is 14.9 Å². The largest absolute Gasteiger partial charge is 0.484 e. The van der Waals surface area contributed by atoms with Crippen LogP contribution in [0.15, 0.2) is 18.2 Å². The summed E-state index contributed by atoms with van der Waals surface area (Å²) in [5, 5.41) is 10.6. The highest BCUT2D eigenvalue weighted by Crippen LogP contribution is 2.22. The summed E-state index contributed by atoms with van der Waals surface area (Å²) in [6.07, 6.45) is 0. The van der Waals surface area contributed by atoms with Gasteiger partial charge in [-0.15, -0.1) is 0 Å². The monoisotopic (exact) mass is 418 g/mol. The van der Waals surface area contributed by atoms with Crippen LogP contribution >= 0.6 is 0 Å². The first-order valence-corrected chi connectivity index (χ1v) is 10.2. The molecule has 156 valence electrons. The highest BCUT2D eigenvalue weighted by Gasteiger charge is 2.32. The number of benzene rings is 1. The van der Waals surface area contributed by atoms with E-state index in [0.29, 0.717) is 13.1 Å². The quantitative estimate of drug-likeness (QED) is 0.457. The fraction of sp³-hybridized carbons (Fsp3) is 0.562. The molecular formula is C16H23FN4O6S. The number of hydrogen-bond donors (Lipinski definition) is 0. The van der Waals surface area contributed by atoms with Crippen LogP contribution in [-0.4, -0.2) is 78.6 Å². The molecule has 1 amide bonds. The van der Waals surface area contributed by atoms with E-state index < -0.39 is 26.6 Å². The summed E-state index contributed by atoms with van der Waals surface area (Å²) >= 11 is 0. The molecule has 1 aliphatic heterocycles. The number of nitrogens with zero attached hydrogens (tertiary/aromatic N) is 4. The summed E-state index contributed by atoms with van der Waals surface area (Å²) in [6.45, 7) is 4.69. The number of hydrogen-bond acceptors (Lipinski definition) is 6. The maximum atomic E-state index is 13.6. The van der Waals surface area contributed by atoms with Gasteiger partial charge in [-0.2, -0.15) is 21.4 Å². The topological polar surface area (TPSA) is 113 Å². The second-order valence-corrected chi connectivity index (χ2v) is 7.96. The van der Waals surface area contributed by atoms with E-state index in [1.807, 2.05) is 0 Å². The van der Waals surface area contributed by atoms with Crippen LogP contribution in [0.2, 0.25) is 0 Å². The van der Waals surface area contributed by atoms with Crippen molar-refractivity contribution in [2.24, 2.45) is 0 Å². The average Bonchev–Trinajstić information content (AvgIpc) is 2.66. The lowest BCUT2D eigenvalue weighted by molar-refractivity contribution is -0.387. The van der Waals surface area contributed by atoms with E-state index in [9.17, 15) is 27.7 Å². The molecule has 0 N–H and O–H groups in total. The van der Waals surface area contributed by atoms with Gasteiger partial charge >= 0.3 is 5.69 Å². The van der Waals surface area contributed by atoms with Gasteiger partial charge in [0.2, 0.25) is 5.82 Å². The molecular weight excluding hydrogens is 395 g/mol. The average molecular weight is 418 g/mol. The Balaban J connectivity index is 1.89. The molecule has 0 atom stereocenters. The van der Waals surface area contributed by atoms with E-state index in [2.05, 4.69) is 0 Å². The van der Waals surface area contributed by atoms with Gasteiger partial charge < -0.3 is 9.64 Å². The smallest absolute Gasteiger partial charge is 0.305 e. The third kappa shape index (κ3) is 4.94. The van der Waals surface area contributed by atoms with Crippen molar-refractivity contribution in [3.63, 3.8) is 0 Å². The highest BCUT2D eigenvalue weighted by atomic mass is 32.2. The van der Waals surface area contributed by atoms with Gasteiger partial charge in [-0.25, -0.2) is 0 Å². The molecule has 28 heavy (non-hydrogen) atoms.